The maximum atomic E-state index is 13.3. The molecule has 10 nitrogen and oxygen atoms in total. The van der Waals surface area contributed by atoms with Crippen molar-refractivity contribution in [3.05, 3.63) is 41.4 Å². The lowest BCUT2D eigenvalue weighted by Gasteiger charge is -2.26. The number of fused-ring (bicyclic) bond motifs is 1. The molecule has 0 bridgehead atoms. The van der Waals surface area contributed by atoms with Gasteiger partial charge in [-0.3, -0.25) is 14.5 Å². The van der Waals surface area contributed by atoms with E-state index < -0.39 is 31.3 Å². The van der Waals surface area contributed by atoms with Gasteiger partial charge in [0.2, 0.25) is 15.9 Å². The monoisotopic (exact) mass is 618 g/mol. The van der Waals surface area contributed by atoms with Gasteiger partial charge < -0.3 is 5.32 Å². The van der Waals surface area contributed by atoms with Crippen molar-refractivity contribution in [3.8, 4) is 10.4 Å². The summed E-state index contributed by atoms with van der Waals surface area (Å²) < 4.78 is 53.0. The van der Waals surface area contributed by atoms with Crippen molar-refractivity contribution in [2.75, 3.05) is 23.0 Å². The summed E-state index contributed by atoms with van der Waals surface area (Å²) in [5.41, 5.74) is -0.00736. The van der Waals surface area contributed by atoms with E-state index in [9.17, 15) is 26.4 Å². The molecule has 2 aliphatic heterocycles. The van der Waals surface area contributed by atoms with Gasteiger partial charge in [-0.05, 0) is 57.9 Å². The number of aromatic nitrogens is 1. The molecule has 3 aromatic rings. The fourth-order valence-corrected chi connectivity index (χ4v) is 9.38. The van der Waals surface area contributed by atoms with Crippen LogP contribution in [0.25, 0.3) is 21.2 Å². The molecule has 13 heteroatoms. The second-order valence-corrected chi connectivity index (χ2v) is 16.5. The Balaban J connectivity index is 1.59. The minimum Gasteiger partial charge on any atom is -0.347 e. The molecule has 5 rings (SSSR count). The second kappa shape index (κ2) is 11.1. The summed E-state index contributed by atoms with van der Waals surface area (Å²) in [6.45, 7) is 5.80. The summed E-state index contributed by atoms with van der Waals surface area (Å²) in [7, 11) is -6.93. The molecular weight excluding hydrogens is 585 g/mol. The van der Waals surface area contributed by atoms with Crippen LogP contribution in [0.4, 0.5) is 5.82 Å². The molecule has 0 spiro atoms. The molecule has 3 heterocycles. The highest BCUT2D eigenvalue weighted by atomic mass is 32.2. The number of sulfone groups is 1. The van der Waals surface area contributed by atoms with Crippen LogP contribution in [0, 0.1) is 0 Å². The predicted octanol–water partition coefficient (Wildman–Crippen LogP) is 3.86. The number of nitrogens with one attached hydrogen (secondary N) is 2. The number of thiazole rings is 1. The van der Waals surface area contributed by atoms with E-state index in [2.05, 4.69) is 15.0 Å². The Morgan fingerprint density at radius 1 is 1.05 bits per heavy atom. The Morgan fingerprint density at radius 2 is 1.73 bits per heavy atom. The molecule has 2 saturated heterocycles. The smallest absolute Gasteiger partial charge is 0.280 e. The average Bonchev–Trinajstić information content (AvgIpc) is 3.33. The maximum absolute atomic E-state index is 13.3. The van der Waals surface area contributed by atoms with Crippen molar-refractivity contribution in [1.82, 2.24) is 15.0 Å². The standard InChI is InChI=1S/C28H34N4O6S3/c1-28(2,3)31-41(37,38)22-12-11-21(19-8-4-5-9-20(19)22)24-25(32-15-7-6-10-23(32)33)30-27(39-24)26(34)29-18-13-16-40(35,36)17-14-18/h4-5,8-9,11-12,18,31H,6-7,10,13-17H2,1-3H3,(H,29,34). The number of amides is 2. The van der Waals surface area contributed by atoms with Gasteiger partial charge in [0.05, 0.1) is 21.3 Å². The average molecular weight is 619 g/mol. The molecule has 0 radical (unpaired) electrons. The van der Waals surface area contributed by atoms with Gasteiger partial charge in [0.25, 0.3) is 5.91 Å². The highest BCUT2D eigenvalue weighted by Gasteiger charge is 2.31. The lowest BCUT2D eigenvalue weighted by Crippen LogP contribution is -2.41. The molecule has 2 N–H and O–H groups in total. The molecule has 0 unspecified atom stereocenters. The quantitative estimate of drug-likeness (QED) is 0.427. The van der Waals surface area contributed by atoms with Gasteiger partial charge in [-0.1, -0.05) is 30.3 Å². The summed E-state index contributed by atoms with van der Waals surface area (Å²) in [5, 5.41) is 4.25. The first-order valence-electron chi connectivity index (χ1n) is 13.6. The van der Waals surface area contributed by atoms with Gasteiger partial charge in [-0.25, -0.2) is 26.5 Å². The van der Waals surface area contributed by atoms with Crippen LogP contribution in [0.1, 0.15) is 62.7 Å². The zero-order valence-electron chi connectivity index (χ0n) is 23.3. The minimum absolute atomic E-state index is 0.0277. The first-order chi connectivity index (χ1) is 19.2. The molecule has 0 aliphatic carbocycles. The van der Waals surface area contributed by atoms with E-state index >= 15 is 0 Å². The predicted molar refractivity (Wildman–Crippen MR) is 160 cm³/mol. The Bertz CT molecular complexity index is 1710. The van der Waals surface area contributed by atoms with E-state index in [4.69, 9.17) is 0 Å². The number of anilines is 1. The molecular formula is C28H34N4O6S3. The molecule has 2 amide bonds. The first kappa shape index (κ1) is 29.6. The molecule has 0 atom stereocenters. The van der Waals surface area contributed by atoms with E-state index in [-0.39, 0.29) is 33.4 Å². The van der Waals surface area contributed by atoms with Crippen LogP contribution >= 0.6 is 11.3 Å². The number of carbonyl (C=O) groups excluding carboxylic acids is 2. The highest BCUT2D eigenvalue weighted by molar-refractivity contribution is 7.91. The first-order valence-corrected chi connectivity index (χ1v) is 17.7. The van der Waals surface area contributed by atoms with Gasteiger partial charge in [-0.15, -0.1) is 11.3 Å². The van der Waals surface area contributed by atoms with Crippen molar-refractivity contribution >= 4 is 59.6 Å². The highest BCUT2D eigenvalue weighted by Crippen LogP contribution is 2.42. The van der Waals surface area contributed by atoms with Crippen LogP contribution in [0.2, 0.25) is 0 Å². The van der Waals surface area contributed by atoms with Gasteiger partial charge in [0, 0.05) is 35.5 Å². The second-order valence-electron chi connectivity index (χ2n) is 11.6. The van der Waals surface area contributed by atoms with E-state index in [1.165, 1.54) is 0 Å². The van der Waals surface area contributed by atoms with Crippen LogP contribution in [0.5, 0.6) is 0 Å². The molecule has 1 aromatic heterocycles. The third-order valence-electron chi connectivity index (χ3n) is 7.13. The number of benzene rings is 2. The van der Waals surface area contributed by atoms with Crippen LogP contribution in [-0.4, -0.2) is 63.3 Å². The van der Waals surface area contributed by atoms with Crippen molar-refractivity contribution in [2.24, 2.45) is 0 Å². The SMILES string of the molecule is CC(C)(C)NS(=O)(=O)c1ccc(-c2sc(C(=O)NC3CCS(=O)(=O)CC3)nc2N2CCCCC2=O)c2ccccc12. The zero-order chi connectivity index (χ0) is 29.6. The third kappa shape index (κ3) is 6.47. The zero-order valence-corrected chi connectivity index (χ0v) is 25.7. The summed E-state index contributed by atoms with van der Waals surface area (Å²) in [6.07, 6.45) is 2.64. The van der Waals surface area contributed by atoms with E-state index in [1.807, 2.05) is 12.1 Å². The number of nitrogens with zero attached hydrogens (tertiary/aromatic N) is 2. The number of carbonyl (C=O) groups is 2. The largest absolute Gasteiger partial charge is 0.347 e. The lowest BCUT2D eigenvalue weighted by molar-refractivity contribution is -0.119. The minimum atomic E-state index is -3.85. The van der Waals surface area contributed by atoms with Crippen molar-refractivity contribution in [3.63, 3.8) is 0 Å². The molecule has 220 valence electrons. The normalized spacial score (nSPS) is 18.5. The summed E-state index contributed by atoms with van der Waals surface area (Å²) in [6, 6.07) is 10.1. The van der Waals surface area contributed by atoms with E-state index in [0.29, 0.717) is 52.8 Å². The van der Waals surface area contributed by atoms with E-state index in [1.54, 1.807) is 49.9 Å². The molecule has 2 aromatic carbocycles. The van der Waals surface area contributed by atoms with Gasteiger partial charge in [0.15, 0.2) is 10.8 Å². The van der Waals surface area contributed by atoms with Gasteiger partial charge >= 0.3 is 0 Å². The van der Waals surface area contributed by atoms with Crippen molar-refractivity contribution in [1.29, 1.82) is 0 Å². The number of hydrogen-bond donors (Lipinski definition) is 2. The number of hydrogen-bond acceptors (Lipinski definition) is 8. The van der Waals surface area contributed by atoms with Crippen LogP contribution in [-0.2, 0) is 24.7 Å². The third-order valence-corrected chi connectivity index (χ3v) is 11.7. The number of sulfonamides is 1. The van der Waals surface area contributed by atoms with Gasteiger partial charge in [-0.2, -0.15) is 0 Å². The lowest BCUT2D eigenvalue weighted by atomic mass is 10.0. The Labute approximate surface area is 244 Å². The van der Waals surface area contributed by atoms with Crippen LogP contribution < -0.4 is 14.9 Å². The Hall–Kier alpha value is -2.87. The summed E-state index contributed by atoms with van der Waals surface area (Å²) >= 11 is 1.14. The molecule has 2 fully saturated rings. The van der Waals surface area contributed by atoms with Gasteiger partial charge in [0.1, 0.15) is 9.84 Å². The number of rotatable bonds is 6. The van der Waals surface area contributed by atoms with Crippen molar-refractivity contribution < 1.29 is 26.4 Å². The van der Waals surface area contributed by atoms with Crippen LogP contribution in [0.3, 0.4) is 0 Å². The molecule has 41 heavy (non-hydrogen) atoms. The molecule has 0 saturated carbocycles. The summed E-state index contributed by atoms with van der Waals surface area (Å²) in [5.74, 6) is -0.0660. The summed E-state index contributed by atoms with van der Waals surface area (Å²) in [4.78, 5) is 33.3. The maximum Gasteiger partial charge on any atom is 0.280 e. The fourth-order valence-electron chi connectivity index (χ4n) is 5.24. The Kier molecular flexibility index (Phi) is 8.01. The molecule has 2 aliphatic rings. The Morgan fingerprint density at radius 3 is 2.39 bits per heavy atom. The number of piperidine rings is 1. The topological polar surface area (TPSA) is 143 Å². The van der Waals surface area contributed by atoms with Crippen LogP contribution in [0.15, 0.2) is 41.3 Å². The van der Waals surface area contributed by atoms with E-state index in [0.717, 1.165) is 24.2 Å². The van der Waals surface area contributed by atoms with Crippen molar-refractivity contribution in [2.45, 2.75) is 69.4 Å². The fraction of sp³-hybridized carbons (Fsp3) is 0.464.